The highest BCUT2D eigenvalue weighted by molar-refractivity contribution is 6.24. The Morgan fingerprint density at radius 3 is 2.77 bits per heavy atom. The van der Waals surface area contributed by atoms with Gasteiger partial charge in [0, 0.05) is 0 Å². The third-order valence-electron chi connectivity index (χ3n) is 5.46. The van der Waals surface area contributed by atoms with Crippen molar-refractivity contribution in [1.29, 1.82) is 0 Å². The standard InChI is InChI=1S/C17H15NO4/c1-17-11-6-5-9(7-11)13(17)14(19)18(16(17)22)12-4-2-3-10(8-12)15(20)21/h2-6,8-9,11,13H,7H2,1H3,(H,20,21)/t9-,11+,13?,17?/m0/s1. The third kappa shape index (κ3) is 1.41. The lowest BCUT2D eigenvalue weighted by atomic mass is 9.71. The molecule has 0 radical (unpaired) electrons. The Morgan fingerprint density at radius 1 is 1.32 bits per heavy atom. The molecule has 1 saturated heterocycles. The molecule has 1 aromatic carbocycles. The van der Waals surface area contributed by atoms with E-state index in [0.29, 0.717) is 5.69 Å². The number of imide groups is 1. The highest BCUT2D eigenvalue weighted by atomic mass is 16.4. The molecule has 0 spiro atoms. The summed E-state index contributed by atoms with van der Waals surface area (Å²) in [5, 5.41) is 9.09. The average Bonchev–Trinajstić information content (AvgIpc) is 3.12. The van der Waals surface area contributed by atoms with E-state index in [2.05, 4.69) is 0 Å². The minimum Gasteiger partial charge on any atom is -0.478 e. The summed E-state index contributed by atoms with van der Waals surface area (Å²) in [6, 6.07) is 6.01. The summed E-state index contributed by atoms with van der Waals surface area (Å²) < 4.78 is 0. The number of aromatic carboxylic acids is 1. The van der Waals surface area contributed by atoms with E-state index in [1.54, 1.807) is 12.1 Å². The van der Waals surface area contributed by atoms with Crippen molar-refractivity contribution in [3.8, 4) is 0 Å². The lowest BCUT2D eigenvalue weighted by molar-refractivity contribution is -0.127. The van der Waals surface area contributed by atoms with E-state index in [1.807, 2.05) is 19.1 Å². The van der Waals surface area contributed by atoms with E-state index >= 15 is 0 Å². The lowest BCUT2D eigenvalue weighted by Gasteiger charge is -2.28. The summed E-state index contributed by atoms with van der Waals surface area (Å²) in [4.78, 5) is 38.0. The molecular weight excluding hydrogens is 282 g/mol. The van der Waals surface area contributed by atoms with Gasteiger partial charge in [-0.25, -0.2) is 9.69 Å². The molecular formula is C17H15NO4. The van der Waals surface area contributed by atoms with Crippen LogP contribution in [0.15, 0.2) is 36.4 Å². The molecule has 4 atom stereocenters. The van der Waals surface area contributed by atoms with Gasteiger partial charge in [-0.3, -0.25) is 9.59 Å². The maximum absolute atomic E-state index is 12.9. The Morgan fingerprint density at radius 2 is 2.09 bits per heavy atom. The fraction of sp³-hybridized carbons (Fsp3) is 0.353. The Kier molecular flexibility index (Phi) is 2.45. The number of nitrogens with zero attached hydrogens (tertiary/aromatic N) is 1. The van der Waals surface area contributed by atoms with Crippen molar-refractivity contribution in [2.24, 2.45) is 23.2 Å². The molecule has 2 aliphatic carbocycles. The molecule has 2 fully saturated rings. The molecule has 1 N–H and O–H groups in total. The topological polar surface area (TPSA) is 74.7 Å². The number of carbonyl (C=O) groups excluding carboxylic acids is 2. The number of carbonyl (C=O) groups is 3. The van der Waals surface area contributed by atoms with Crippen LogP contribution in [-0.4, -0.2) is 22.9 Å². The number of hydrogen-bond donors (Lipinski definition) is 1. The second-order valence-electron chi connectivity index (χ2n) is 6.49. The molecule has 4 rings (SSSR count). The van der Waals surface area contributed by atoms with Crippen LogP contribution < -0.4 is 4.90 Å². The summed E-state index contributed by atoms with van der Waals surface area (Å²) in [7, 11) is 0. The number of fused-ring (bicyclic) bond motifs is 5. The van der Waals surface area contributed by atoms with Crippen LogP contribution >= 0.6 is 0 Å². The van der Waals surface area contributed by atoms with Gasteiger partial charge >= 0.3 is 5.97 Å². The SMILES string of the molecule is CC12C(=O)N(c3cccc(C(=O)O)c3)C(=O)C1[C@H]1C=C[C@@H]2C1. The van der Waals surface area contributed by atoms with Crippen molar-refractivity contribution >= 4 is 23.5 Å². The van der Waals surface area contributed by atoms with Crippen molar-refractivity contribution in [3.63, 3.8) is 0 Å². The van der Waals surface area contributed by atoms with Crippen LogP contribution in [0.1, 0.15) is 23.7 Å². The maximum atomic E-state index is 12.9. The predicted molar refractivity (Wildman–Crippen MR) is 78.2 cm³/mol. The van der Waals surface area contributed by atoms with E-state index in [9.17, 15) is 14.4 Å². The number of amides is 2. The maximum Gasteiger partial charge on any atom is 0.335 e. The second-order valence-corrected chi connectivity index (χ2v) is 6.49. The summed E-state index contributed by atoms with van der Waals surface area (Å²) in [6.45, 7) is 1.87. The zero-order chi connectivity index (χ0) is 15.6. The highest BCUT2D eigenvalue weighted by Crippen LogP contribution is 2.60. The molecule has 112 valence electrons. The summed E-state index contributed by atoms with van der Waals surface area (Å²) in [5.41, 5.74) is -0.262. The van der Waals surface area contributed by atoms with E-state index in [-0.39, 0.29) is 35.1 Å². The first-order valence-electron chi connectivity index (χ1n) is 7.34. The number of hydrogen-bond acceptors (Lipinski definition) is 3. The summed E-state index contributed by atoms with van der Waals surface area (Å²) in [6.07, 6.45) is 4.95. The van der Waals surface area contributed by atoms with Crippen LogP contribution in [-0.2, 0) is 9.59 Å². The zero-order valence-corrected chi connectivity index (χ0v) is 12.0. The first-order chi connectivity index (χ1) is 10.4. The number of allylic oxidation sites excluding steroid dienone is 2. The Bertz CT molecular complexity index is 753. The van der Waals surface area contributed by atoms with Crippen molar-refractivity contribution in [2.75, 3.05) is 4.90 Å². The van der Waals surface area contributed by atoms with Crippen molar-refractivity contribution in [2.45, 2.75) is 13.3 Å². The van der Waals surface area contributed by atoms with Gasteiger partial charge in [-0.2, -0.15) is 0 Å². The van der Waals surface area contributed by atoms with E-state index in [0.717, 1.165) is 6.42 Å². The lowest BCUT2D eigenvalue weighted by Crippen LogP contribution is -2.37. The van der Waals surface area contributed by atoms with Crippen LogP contribution in [0, 0.1) is 23.2 Å². The van der Waals surface area contributed by atoms with Crippen molar-refractivity contribution in [3.05, 3.63) is 42.0 Å². The zero-order valence-electron chi connectivity index (χ0n) is 12.0. The van der Waals surface area contributed by atoms with Gasteiger partial charge < -0.3 is 5.11 Å². The third-order valence-corrected chi connectivity index (χ3v) is 5.46. The summed E-state index contributed by atoms with van der Waals surface area (Å²) >= 11 is 0. The Balaban J connectivity index is 1.79. The van der Waals surface area contributed by atoms with Gasteiger partial charge in [-0.1, -0.05) is 18.2 Å². The average molecular weight is 297 g/mol. The van der Waals surface area contributed by atoms with Gasteiger partial charge in [-0.15, -0.1) is 0 Å². The predicted octanol–water partition coefficient (Wildman–Crippen LogP) is 2.09. The number of anilines is 1. The second kappa shape index (κ2) is 4.06. The van der Waals surface area contributed by atoms with E-state index in [1.165, 1.54) is 17.0 Å². The number of carboxylic acids is 1. The van der Waals surface area contributed by atoms with Gasteiger partial charge in [0.15, 0.2) is 0 Å². The largest absolute Gasteiger partial charge is 0.478 e. The van der Waals surface area contributed by atoms with Crippen LogP contribution in [0.5, 0.6) is 0 Å². The van der Waals surface area contributed by atoms with Gasteiger partial charge in [0.05, 0.1) is 22.6 Å². The quantitative estimate of drug-likeness (QED) is 0.670. The van der Waals surface area contributed by atoms with Crippen LogP contribution in [0.2, 0.25) is 0 Å². The monoisotopic (exact) mass is 297 g/mol. The first-order valence-corrected chi connectivity index (χ1v) is 7.34. The van der Waals surface area contributed by atoms with Gasteiger partial charge in [0.1, 0.15) is 0 Å². The molecule has 2 amide bonds. The molecule has 1 saturated carbocycles. The van der Waals surface area contributed by atoms with Crippen LogP contribution in [0.25, 0.3) is 0 Å². The fourth-order valence-electron chi connectivity index (χ4n) is 4.33. The van der Waals surface area contributed by atoms with E-state index in [4.69, 9.17) is 5.11 Å². The van der Waals surface area contributed by atoms with Gasteiger partial charge in [0.25, 0.3) is 0 Å². The first kappa shape index (κ1) is 13.2. The van der Waals surface area contributed by atoms with E-state index < -0.39 is 11.4 Å². The smallest absolute Gasteiger partial charge is 0.335 e. The number of carboxylic acid groups (broad SMARTS) is 1. The molecule has 22 heavy (non-hydrogen) atoms. The highest BCUT2D eigenvalue weighted by Gasteiger charge is 2.67. The molecule has 3 aliphatic rings. The molecule has 2 bridgehead atoms. The molecule has 0 aromatic heterocycles. The van der Waals surface area contributed by atoms with Crippen LogP contribution in [0.3, 0.4) is 0 Å². The Labute approximate surface area is 127 Å². The van der Waals surface area contributed by atoms with Crippen molar-refractivity contribution in [1.82, 2.24) is 0 Å². The molecule has 1 aliphatic heterocycles. The molecule has 5 heteroatoms. The van der Waals surface area contributed by atoms with Crippen LogP contribution in [0.4, 0.5) is 5.69 Å². The fourth-order valence-corrected chi connectivity index (χ4v) is 4.33. The van der Waals surface area contributed by atoms with Gasteiger partial charge in [0.2, 0.25) is 11.8 Å². The molecule has 2 unspecified atom stereocenters. The molecule has 1 aromatic rings. The molecule has 5 nitrogen and oxygen atoms in total. The van der Waals surface area contributed by atoms with Crippen molar-refractivity contribution < 1.29 is 19.5 Å². The molecule has 1 heterocycles. The minimum absolute atomic E-state index is 0.0707. The van der Waals surface area contributed by atoms with Gasteiger partial charge in [-0.05, 0) is 43.4 Å². The summed E-state index contributed by atoms with van der Waals surface area (Å²) in [5.74, 6) is -1.57. The minimum atomic E-state index is -1.07. The normalized spacial score (nSPS) is 35.3. The number of benzene rings is 1. The Hall–Kier alpha value is -2.43. The number of rotatable bonds is 2.